The lowest BCUT2D eigenvalue weighted by molar-refractivity contribution is -0.314. The lowest BCUT2D eigenvalue weighted by Crippen LogP contribution is -2.15. The molecule has 14 heavy (non-hydrogen) atoms. The zero-order valence-electron chi connectivity index (χ0n) is 7.40. The molecule has 0 saturated carbocycles. The van der Waals surface area contributed by atoms with Crippen LogP contribution in [-0.4, -0.2) is 7.11 Å². The first-order valence-corrected chi connectivity index (χ1v) is 5.86. The Hall–Kier alpha value is -0.540. The van der Waals surface area contributed by atoms with E-state index in [-0.39, 0.29) is 0 Å². The van der Waals surface area contributed by atoms with Crippen molar-refractivity contribution in [3.63, 3.8) is 0 Å². The number of ether oxygens (including phenoxy) is 1. The molecule has 0 aromatic heterocycles. The molecule has 0 radical (unpaired) electrons. The summed E-state index contributed by atoms with van der Waals surface area (Å²) in [4.78, 5) is 21.1. The second-order valence-electron chi connectivity index (χ2n) is 2.73. The smallest absolute Gasteiger partial charge is 0.123 e. The van der Waals surface area contributed by atoms with Crippen LogP contribution in [0.5, 0.6) is 5.75 Å². The van der Waals surface area contributed by atoms with Gasteiger partial charge in [-0.25, -0.2) is 0 Å². The molecule has 0 aliphatic heterocycles. The second kappa shape index (κ2) is 4.32. The van der Waals surface area contributed by atoms with Gasteiger partial charge in [-0.05, 0) is 17.7 Å². The average Bonchev–Trinajstić information content (AvgIpc) is 2.06. The van der Waals surface area contributed by atoms with Gasteiger partial charge in [-0.15, -0.1) is 0 Å². The maximum atomic E-state index is 10.5. The Balaban J connectivity index is 3.03. The molecule has 0 N–H and O–H groups in total. The fourth-order valence-corrected chi connectivity index (χ4v) is 1.90. The molecule has 4 nitrogen and oxygen atoms in total. The number of halogens is 1. The SMILES string of the molecule is COc1cc(Cl)ccc1CP(=O)([O-])[O-]. The van der Waals surface area contributed by atoms with Crippen LogP contribution in [0.3, 0.4) is 0 Å². The van der Waals surface area contributed by atoms with Crippen LogP contribution in [0, 0.1) is 0 Å². The average molecular weight is 235 g/mol. The van der Waals surface area contributed by atoms with Gasteiger partial charge in [-0.1, -0.05) is 25.3 Å². The quantitative estimate of drug-likeness (QED) is 0.724. The van der Waals surface area contributed by atoms with E-state index < -0.39 is 13.8 Å². The molecule has 0 aliphatic rings. The van der Waals surface area contributed by atoms with E-state index in [1.54, 1.807) is 0 Å². The lowest BCUT2D eigenvalue weighted by atomic mass is 10.2. The van der Waals surface area contributed by atoms with Gasteiger partial charge in [0, 0.05) is 11.2 Å². The predicted octanol–water partition coefficient (Wildman–Crippen LogP) is 0.762. The maximum Gasteiger partial charge on any atom is 0.123 e. The molecule has 0 amide bonds. The largest absolute Gasteiger partial charge is 0.810 e. The van der Waals surface area contributed by atoms with E-state index in [9.17, 15) is 14.4 Å². The third-order valence-corrected chi connectivity index (χ3v) is 2.58. The van der Waals surface area contributed by atoms with E-state index >= 15 is 0 Å². The molecule has 0 saturated heterocycles. The van der Waals surface area contributed by atoms with Crippen LogP contribution in [0.1, 0.15) is 5.56 Å². The van der Waals surface area contributed by atoms with E-state index in [1.165, 1.54) is 25.3 Å². The van der Waals surface area contributed by atoms with Crippen molar-refractivity contribution in [1.82, 2.24) is 0 Å². The highest BCUT2D eigenvalue weighted by atomic mass is 35.5. The Kier molecular flexibility index (Phi) is 3.56. The van der Waals surface area contributed by atoms with Crippen LogP contribution in [0.2, 0.25) is 5.02 Å². The zero-order valence-corrected chi connectivity index (χ0v) is 9.05. The summed E-state index contributed by atoms with van der Waals surface area (Å²) < 4.78 is 15.4. The first-order valence-electron chi connectivity index (χ1n) is 3.76. The summed E-state index contributed by atoms with van der Waals surface area (Å²) in [5, 5.41) is 0.428. The van der Waals surface area contributed by atoms with Crippen molar-refractivity contribution in [3.05, 3.63) is 28.8 Å². The summed E-state index contributed by atoms with van der Waals surface area (Å²) in [5.41, 5.74) is 0.324. The van der Waals surface area contributed by atoms with E-state index in [2.05, 4.69) is 0 Å². The standard InChI is InChI=1S/C8H10ClO4P/c1-13-8-4-7(9)3-2-6(8)5-14(10,11)12/h2-4H,5H2,1H3,(H2,10,11,12)/p-2. The van der Waals surface area contributed by atoms with Crippen LogP contribution in [-0.2, 0) is 10.7 Å². The van der Waals surface area contributed by atoms with Gasteiger partial charge in [0.1, 0.15) is 5.75 Å². The lowest BCUT2D eigenvalue weighted by Gasteiger charge is -2.29. The fourth-order valence-electron chi connectivity index (χ4n) is 1.06. The van der Waals surface area contributed by atoms with Crippen LogP contribution in [0.25, 0.3) is 0 Å². The van der Waals surface area contributed by atoms with Crippen LogP contribution >= 0.6 is 19.2 Å². The Morgan fingerprint density at radius 3 is 2.64 bits per heavy atom. The molecule has 1 aromatic carbocycles. The third kappa shape index (κ3) is 3.31. The van der Waals surface area contributed by atoms with Crippen LogP contribution < -0.4 is 14.5 Å². The summed E-state index contributed by atoms with van der Waals surface area (Å²) in [5.74, 6) is 0.310. The first-order chi connectivity index (χ1) is 6.42. The summed E-state index contributed by atoms with van der Waals surface area (Å²) in [6, 6.07) is 4.44. The van der Waals surface area contributed by atoms with Crippen LogP contribution in [0.15, 0.2) is 18.2 Å². The minimum absolute atomic E-state index is 0.310. The van der Waals surface area contributed by atoms with E-state index in [0.717, 1.165) is 0 Å². The Labute approximate surface area is 86.6 Å². The van der Waals surface area contributed by atoms with Gasteiger partial charge >= 0.3 is 0 Å². The Bertz CT molecular complexity index is 374. The molecule has 0 heterocycles. The van der Waals surface area contributed by atoms with Crippen molar-refractivity contribution in [2.75, 3.05) is 7.11 Å². The molecule has 0 spiro atoms. The second-order valence-corrected chi connectivity index (χ2v) is 4.70. The monoisotopic (exact) mass is 234 g/mol. The number of rotatable bonds is 3. The van der Waals surface area contributed by atoms with E-state index in [4.69, 9.17) is 16.3 Å². The molecule has 0 unspecified atom stereocenters. The normalized spacial score (nSPS) is 11.4. The summed E-state index contributed by atoms with van der Waals surface area (Å²) in [7, 11) is -3.18. The molecule has 78 valence electrons. The van der Waals surface area contributed by atoms with Crippen molar-refractivity contribution >= 4 is 19.2 Å². The highest BCUT2D eigenvalue weighted by molar-refractivity contribution is 7.47. The van der Waals surface area contributed by atoms with Gasteiger partial charge in [0.15, 0.2) is 0 Å². The van der Waals surface area contributed by atoms with Crippen molar-refractivity contribution in [3.8, 4) is 5.75 Å². The summed E-state index contributed by atoms with van der Waals surface area (Å²) in [6.45, 7) is 0. The number of benzene rings is 1. The molecule has 1 aromatic rings. The molecule has 6 heteroatoms. The highest BCUT2D eigenvalue weighted by Gasteiger charge is 2.05. The van der Waals surface area contributed by atoms with Crippen molar-refractivity contribution in [2.24, 2.45) is 0 Å². The van der Waals surface area contributed by atoms with Crippen LogP contribution in [0.4, 0.5) is 0 Å². The van der Waals surface area contributed by atoms with E-state index in [0.29, 0.717) is 16.3 Å². The molecular weight excluding hydrogens is 227 g/mol. The third-order valence-electron chi connectivity index (χ3n) is 1.61. The minimum Gasteiger partial charge on any atom is -0.810 e. The first kappa shape index (κ1) is 11.5. The highest BCUT2D eigenvalue weighted by Crippen LogP contribution is 2.34. The Morgan fingerprint density at radius 2 is 2.14 bits per heavy atom. The fraction of sp³-hybridized carbons (Fsp3) is 0.250. The molecular formula is C8H8ClO4P-2. The van der Waals surface area contributed by atoms with Crippen molar-refractivity contribution in [1.29, 1.82) is 0 Å². The topological polar surface area (TPSA) is 72.4 Å². The van der Waals surface area contributed by atoms with Crippen molar-refractivity contribution in [2.45, 2.75) is 6.16 Å². The number of methoxy groups -OCH3 is 1. The number of hydrogen-bond donors (Lipinski definition) is 0. The molecule has 0 fully saturated rings. The van der Waals surface area contributed by atoms with E-state index in [1.807, 2.05) is 0 Å². The summed E-state index contributed by atoms with van der Waals surface area (Å²) >= 11 is 5.66. The molecule has 0 atom stereocenters. The minimum atomic E-state index is -4.57. The molecule has 0 aliphatic carbocycles. The maximum absolute atomic E-state index is 10.5. The van der Waals surface area contributed by atoms with Gasteiger partial charge in [-0.2, -0.15) is 0 Å². The van der Waals surface area contributed by atoms with Gasteiger partial charge in [0.2, 0.25) is 0 Å². The van der Waals surface area contributed by atoms with Gasteiger partial charge in [0.25, 0.3) is 0 Å². The zero-order chi connectivity index (χ0) is 10.8. The Morgan fingerprint density at radius 1 is 1.50 bits per heavy atom. The van der Waals surface area contributed by atoms with Gasteiger partial charge in [0.05, 0.1) is 7.11 Å². The molecule has 1 rings (SSSR count). The van der Waals surface area contributed by atoms with Crippen molar-refractivity contribution < 1.29 is 19.1 Å². The van der Waals surface area contributed by atoms with Gasteiger partial charge < -0.3 is 19.1 Å². The number of hydrogen-bond acceptors (Lipinski definition) is 4. The summed E-state index contributed by atoms with van der Waals surface area (Å²) in [6.07, 6.45) is -0.562. The molecule has 0 bridgehead atoms. The van der Waals surface area contributed by atoms with Gasteiger partial charge in [-0.3, -0.25) is 0 Å². The predicted molar refractivity (Wildman–Crippen MR) is 49.3 cm³/mol.